The van der Waals surface area contributed by atoms with Gasteiger partial charge in [-0.15, -0.1) is 0 Å². The molecule has 4 aromatic rings. The first-order valence-corrected chi connectivity index (χ1v) is 6.99. The van der Waals surface area contributed by atoms with E-state index in [1.54, 1.807) is 6.20 Å². The average Bonchev–Trinajstić information content (AvgIpc) is 2.88. The van der Waals surface area contributed by atoms with Crippen LogP contribution in [0.4, 0.5) is 0 Å². The Balaban J connectivity index is 2.00. The SMILES string of the molecule is On1c2ccccc2c2c(C#Cc3ccccc3)ccnc21. The summed E-state index contributed by atoms with van der Waals surface area (Å²) in [5.74, 6) is 6.35. The van der Waals surface area contributed by atoms with Crippen molar-refractivity contribution in [3.63, 3.8) is 0 Å². The number of fused-ring (bicyclic) bond motifs is 3. The summed E-state index contributed by atoms with van der Waals surface area (Å²) in [7, 11) is 0. The first kappa shape index (κ1) is 12.5. The van der Waals surface area contributed by atoms with E-state index >= 15 is 0 Å². The topological polar surface area (TPSA) is 38.0 Å². The van der Waals surface area contributed by atoms with Crippen LogP contribution < -0.4 is 0 Å². The molecule has 0 aliphatic heterocycles. The van der Waals surface area contributed by atoms with Gasteiger partial charge in [0.2, 0.25) is 0 Å². The van der Waals surface area contributed by atoms with Crippen LogP contribution in [0.25, 0.3) is 21.9 Å². The lowest BCUT2D eigenvalue weighted by molar-refractivity contribution is 0.211. The van der Waals surface area contributed by atoms with E-state index in [-0.39, 0.29) is 0 Å². The van der Waals surface area contributed by atoms with Crippen LogP contribution in [0, 0.1) is 11.8 Å². The fraction of sp³-hybridized carbons (Fsp3) is 0. The number of aromatic nitrogens is 2. The number of hydrogen-bond acceptors (Lipinski definition) is 2. The third kappa shape index (κ3) is 1.90. The summed E-state index contributed by atoms with van der Waals surface area (Å²) in [5.41, 5.74) is 3.08. The lowest BCUT2D eigenvalue weighted by atomic mass is 10.1. The zero-order chi connectivity index (χ0) is 14.9. The molecule has 104 valence electrons. The quantitative estimate of drug-likeness (QED) is 0.394. The Labute approximate surface area is 127 Å². The van der Waals surface area contributed by atoms with Gasteiger partial charge in [0.05, 0.1) is 5.52 Å². The molecule has 0 unspecified atom stereocenters. The number of hydrogen-bond donors (Lipinski definition) is 1. The third-order valence-electron chi connectivity index (χ3n) is 3.65. The Morgan fingerprint density at radius 3 is 2.50 bits per heavy atom. The molecule has 0 aliphatic rings. The van der Waals surface area contributed by atoms with Crippen molar-refractivity contribution in [1.82, 2.24) is 9.71 Å². The molecule has 0 saturated carbocycles. The van der Waals surface area contributed by atoms with Crippen LogP contribution in [-0.4, -0.2) is 14.9 Å². The van der Waals surface area contributed by atoms with Gasteiger partial charge in [-0.25, -0.2) is 4.98 Å². The summed E-state index contributed by atoms with van der Waals surface area (Å²) in [6.45, 7) is 0. The Hall–Kier alpha value is -3.25. The van der Waals surface area contributed by atoms with E-state index in [9.17, 15) is 5.21 Å². The van der Waals surface area contributed by atoms with Crippen molar-refractivity contribution in [3.8, 4) is 11.8 Å². The fourth-order valence-electron chi connectivity index (χ4n) is 2.63. The van der Waals surface area contributed by atoms with Crippen molar-refractivity contribution >= 4 is 21.9 Å². The maximum Gasteiger partial charge on any atom is 0.177 e. The molecule has 0 amide bonds. The number of pyridine rings is 1. The van der Waals surface area contributed by atoms with Crippen LogP contribution >= 0.6 is 0 Å². The van der Waals surface area contributed by atoms with Crippen LogP contribution in [0.5, 0.6) is 0 Å². The van der Waals surface area contributed by atoms with E-state index in [0.717, 1.165) is 32.1 Å². The minimum absolute atomic E-state index is 0.529. The average molecular weight is 284 g/mol. The molecular formula is C19H12N2O. The van der Waals surface area contributed by atoms with E-state index in [0.29, 0.717) is 5.65 Å². The predicted molar refractivity (Wildman–Crippen MR) is 86.8 cm³/mol. The summed E-state index contributed by atoms with van der Waals surface area (Å²) in [4.78, 5) is 4.28. The second-order valence-corrected chi connectivity index (χ2v) is 5.00. The molecule has 0 fully saturated rings. The molecule has 22 heavy (non-hydrogen) atoms. The molecule has 0 aliphatic carbocycles. The molecule has 3 nitrogen and oxygen atoms in total. The largest absolute Gasteiger partial charge is 0.426 e. The summed E-state index contributed by atoms with van der Waals surface area (Å²) >= 11 is 0. The summed E-state index contributed by atoms with van der Waals surface area (Å²) < 4.78 is 1.12. The number of nitrogens with zero attached hydrogens (tertiary/aromatic N) is 2. The summed E-state index contributed by atoms with van der Waals surface area (Å²) in [6.07, 6.45) is 1.67. The van der Waals surface area contributed by atoms with Crippen molar-refractivity contribution in [3.05, 3.63) is 78.0 Å². The number of benzene rings is 2. The summed E-state index contributed by atoms with van der Waals surface area (Å²) in [5, 5.41) is 12.1. The van der Waals surface area contributed by atoms with Gasteiger partial charge in [0.25, 0.3) is 0 Å². The van der Waals surface area contributed by atoms with Gasteiger partial charge in [0.15, 0.2) is 5.65 Å². The monoisotopic (exact) mass is 284 g/mol. The smallest absolute Gasteiger partial charge is 0.177 e. The number of rotatable bonds is 0. The highest BCUT2D eigenvalue weighted by molar-refractivity contribution is 6.09. The van der Waals surface area contributed by atoms with Gasteiger partial charge in [-0.1, -0.05) is 48.2 Å². The van der Waals surface area contributed by atoms with E-state index < -0.39 is 0 Å². The second kappa shape index (κ2) is 4.94. The molecular weight excluding hydrogens is 272 g/mol. The van der Waals surface area contributed by atoms with Crippen LogP contribution in [0.2, 0.25) is 0 Å². The van der Waals surface area contributed by atoms with E-state index in [1.807, 2.05) is 60.7 Å². The first-order valence-electron chi connectivity index (χ1n) is 6.99. The zero-order valence-electron chi connectivity index (χ0n) is 11.7. The highest BCUT2D eigenvalue weighted by Crippen LogP contribution is 2.28. The normalized spacial score (nSPS) is 10.5. The zero-order valence-corrected chi connectivity index (χ0v) is 11.7. The van der Waals surface area contributed by atoms with Gasteiger partial charge in [0.1, 0.15) is 0 Å². The first-order chi connectivity index (χ1) is 10.8. The lowest BCUT2D eigenvalue weighted by Crippen LogP contribution is -1.91. The van der Waals surface area contributed by atoms with Crippen LogP contribution in [0.1, 0.15) is 11.1 Å². The van der Waals surface area contributed by atoms with Crippen molar-refractivity contribution < 1.29 is 5.21 Å². The molecule has 0 saturated heterocycles. The Morgan fingerprint density at radius 1 is 0.864 bits per heavy atom. The minimum Gasteiger partial charge on any atom is -0.426 e. The number of para-hydroxylation sites is 1. The van der Waals surface area contributed by atoms with Crippen molar-refractivity contribution in [1.29, 1.82) is 0 Å². The predicted octanol–water partition coefficient (Wildman–Crippen LogP) is 3.83. The van der Waals surface area contributed by atoms with E-state index in [4.69, 9.17) is 0 Å². The standard InChI is InChI=1S/C19H12N2O/c22-21-17-9-5-4-8-16(17)18-15(12-13-20-19(18)21)11-10-14-6-2-1-3-7-14/h1-9,12-13,22H. The van der Waals surface area contributed by atoms with Crippen molar-refractivity contribution in [2.45, 2.75) is 0 Å². The second-order valence-electron chi connectivity index (χ2n) is 5.00. The summed E-state index contributed by atoms with van der Waals surface area (Å²) in [6, 6.07) is 19.4. The van der Waals surface area contributed by atoms with Crippen molar-refractivity contribution in [2.75, 3.05) is 0 Å². The maximum atomic E-state index is 10.3. The van der Waals surface area contributed by atoms with Gasteiger partial charge in [-0.05, 0) is 24.3 Å². The minimum atomic E-state index is 0.529. The van der Waals surface area contributed by atoms with Crippen molar-refractivity contribution in [2.24, 2.45) is 0 Å². The highest BCUT2D eigenvalue weighted by atomic mass is 16.5. The molecule has 0 atom stereocenters. The molecule has 2 aromatic heterocycles. The molecule has 0 bridgehead atoms. The van der Waals surface area contributed by atoms with E-state index in [1.165, 1.54) is 0 Å². The van der Waals surface area contributed by atoms with E-state index in [2.05, 4.69) is 16.8 Å². The molecule has 2 heterocycles. The lowest BCUT2D eigenvalue weighted by Gasteiger charge is -1.96. The van der Waals surface area contributed by atoms with Gasteiger partial charge >= 0.3 is 0 Å². The maximum absolute atomic E-state index is 10.3. The van der Waals surface area contributed by atoms with Crippen LogP contribution in [-0.2, 0) is 0 Å². The Morgan fingerprint density at radius 2 is 1.64 bits per heavy atom. The van der Waals surface area contributed by atoms with Gasteiger partial charge in [0, 0.05) is 28.1 Å². The third-order valence-corrected chi connectivity index (χ3v) is 3.65. The molecule has 0 spiro atoms. The Bertz CT molecular complexity index is 1040. The van der Waals surface area contributed by atoms with Gasteiger partial charge in [-0.2, -0.15) is 4.73 Å². The molecule has 0 radical (unpaired) electrons. The van der Waals surface area contributed by atoms with Crippen LogP contribution in [0.3, 0.4) is 0 Å². The molecule has 4 rings (SSSR count). The van der Waals surface area contributed by atoms with Gasteiger partial charge in [-0.3, -0.25) is 0 Å². The van der Waals surface area contributed by atoms with Crippen LogP contribution in [0.15, 0.2) is 66.9 Å². The Kier molecular flexibility index (Phi) is 2.80. The molecule has 3 heteroatoms. The van der Waals surface area contributed by atoms with Gasteiger partial charge < -0.3 is 5.21 Å². The highest BCUT2D eigenvalue weighted by Gasteiger charge is 2.12. The molecule has 1 N–H and O–H groups in total. The fourth-order valence-corrected chi connectivity index (χ4v) is 2.63. The molecule has 2 aromatic carbocycles.